The molecule has 1 aliphatic heterocycles. The van der Waals surface area contributed by atoms with E-state index in [1.165, 1.54) is 10.9 Å². The highest BCUT2D eigenvalue weighted by molar-refractivity contribution is 7.19. The van der Waals surface area contributed by atoms with Crippen molar-refractivity contribution in [3.63, 3.8) is 0 Å². The summed E-state index contributed by atoms with van der Waals surface area (Å²) in [6.45, 7) is 1.77. The number of carbonyl (C=O) groups excluding carboxylic acids is 1. The van der Waals surface area contributed by atoms with Gasteiger partial charge in [0.2, 0.25) is 0 Å². The number of benzene rings is 1. The van der Waals surface area contributed by atoms with E-state index in [1.807, 2.05) is 0 Å². The average molecular weight is 503 g/mol. The van der Waals surface area contributed by atoms with Gasteiger partial charge in [0.1, 0.15) is 15.8 Å². The molecular formula is C21H26F4N6O2S. The first-order valence-electron chi connectivity index (χ1n) is 10.2. The van der Waals surface area contributed by atoms with Gasteiger partial charge >= 0.3 is 0 Å². The fourth-order valence-electron chi connectivity index (χ4n) is 2.93. The predicted molar refractivity (Wildman–Crippen MR) is 123 cm³/mol. The van der Waals surface area contributed by atoms with Crippen LogP contribution in [0, 0.1) is 17.5 Å². The molecule has 3 aromatic rings. The largest absolute Gasteiger partial charge is 0.389 e. The van der Waals surface area contributed by atoms with Gasteiger partial charge in [-0.2, -0.15) is 5.10 Å². The molecule has 4 rings (SSSR count). The molecule has 8 nitrogen and oxygen atoms in total. The lowest BCUT2D eigenvalue weighted by atomic mass is 10.1. The summed E-state index contributed by atoms with van der Waals surface area (Å²) in [7, 11) is 2.17. The molecule has 3 heterocycles. The molecule has 0 bridgehead atoms. The van der Waals surface area contributed by atoms with Gasteiger partial charge in [-0.1, -0.05) is 11.3 Å². The zero-order valence-corrected chi connectivity index (χ0v) is 19.5. The van der Waals surface area contributed by atoms with E-state index in [2.05, 4.69) is 15.4 Å². The van der Waals surface area contributed by atoms with E-state index in [9.17, 15) is 22.4 Å². The van der Waals surface area contributed by atoms with Gasteiger partial charge < -0.3 is 21.5 Å². The van der Waals surface area contributed by atoms with Crippen molar-refractivity contribution in [2.45, 2.75) is 25.3 Å². The number of amides is 1. The molecule has 1 fully saturated rings. The van der Waals surface area contributed by atoms with Crippen LogP contribution in [0.5, 0.6) is 0 Å². The number of rotatable bonds is 3. The molecule has 0 saturated carbocycles. The second kappa shape index (κ2) is 13.0. The minimum Gasteiger partial charge on any atom is -0.389 e. The molecule has 1 aromatic carbocycles. The molecule has 1 atom stereocenters. The highest BCUT2D eigenvalue weighted by Gasteiger charge is 2.23. The summed E-state index contributed by atoms with van der Waals surface area (Å²) in [5.41, 5.74) is 10.9. The number of nitrogens with zero attached hydrogens (tertiary/aromatic N) is 3. The van der Waals surface area contributed by atoms with E-state index in [0.717, 1.165) is 38.5 Å². The zero-order chi connectivity index (χ0) is 25.3. The number of carbonyl (C=O) groups is 1. The highest BCUT2D eigenvalue weighted by Crippen LogP contribution is 2.34. The molecular weight excluding hydrogens is 476 g/mol. The topological polar surface area (TPSA) is 121 Å². The van der Waals surface area contributed by atoms with Crippen LogP contribution in [0.3, 0.4) is 0 Å². The molecule has 186 valence electrons. The fourth-order valence-corrected chi connectivity index (χ4v) is 3.80. The van der Waals surface area contributed by atoms with Gasteiger partial charge in [0, 0.05) is 32.5 Å². The smallest absolute Gasteiger partial charge is 0.277 e. The van der Waals surface area contributed by atoms with Crippen molar-refractivity contribution in [2.24, 2.45) is 12.8 Å². The number of hydrogen-bond acceptors (Lipinski definition) is 7. The molecule has 0 spiro atoms. The summed E-state index contributed by atoms with van der Waals surface area (Å²) in [5.74, 6) is -4.27. The van der Waals surface area contributed by atoms with Gasteiger partial charge in [-0.15, -0.1) is 0 Å². The normalized spacial score (nSPS) is 15.3. The molecule has 1 amide bonds. The monoisotopic (exact) mass is 502 g/mol. The van der Waals surface area contributed by atoms with Gasteiger partial charge in [-0.05, 0) is 31.4 Å². The minimum atomic E-state index is -1.39. The Labute approximate surface area is 197 Å². The van der Waals surface area contributed by atoms with Gasteiger partial charge in [0.15, 0.2) is 17.3 Å². The van der Waals surface area contributed by atoms with E-state index in [1.54, 1.807) is 13.2 Å². The molecule has 0 aliphatic carbocycles. The number of ether oxygens (including phenoxy) is 1. The first kappa shape index (κ1) is 27.2. The summed E-state index contributed by atoms with van der Waals surface area (Å²) in [5, 5.41) is 6.12. The van der Waals surface area contributed by atoms with Crippen LogP contribution in [0.25, 0.3) is 10.6 Å². The van der Waals surface area contributed by atoms with Crippen molar-refractivity contribution >= 4 is 27.9 Å². The Morgan fingerprint density at radius 2 is 1.91 bits per heavy atom. The summed E-state index contributed by atoms with van der Waals surface area (Å²) in [4.78, 5) is 16.0. The van der Waals surface area contributed by atoms with Crippen molar-refractivity contribution < 1.29 is 27.1 Å². The van der Waals surface area contributed by atoms with Gasteiger partial charge in [-0.25, -0.2) is 18.2 Å². The number of nitrogens with two attached hydrogens (primary N) is 2. The lowest BCUT2D eigenvalue weighted by molar-refractivity contribution is 0.102. The summed E-state index contributed by atoms with van der Waals surface area (Å²) >= 11 is 0.687. The predicted octanol–water partition coefficient (Wildman–Crippen LogP) is 3.90. The van der Waals surface area contributed by atoms with Gasteiger partial charge in [0.25, 0.3) is 5.91 Å². The Hall–Kier alpha value is -3.03. The van der Waals surface area contributed by atoms with Gasteiger partial charge in [0.05, 0.1) is 24.6 Å². The van der Waals surface area contributed by atoms with E-state index < -0.39 is 28.9 Å². The molecule has 34 heavy (non-hydrogen) atoms. The second-order valence-corrected chi connectivity index (χ2v) is 8.14. The van der Waals surface area contributed by atoms with Crippen molar-refractivity contribution in [1.82, 2.24) is 14.8 Å². The van der Waals surface area contributed by atoms with Crippen molar-refractivity contribution in [3.8, 4) is 10.6 Å². The Morgan fingerprint density at radius 3 is 2.59 bits per heavy atom. The van der Waals surface area contributed by atoms with Crippen molar-refractivity contribution in [2.75, 3.05) is 31.4 Å². The van der Waals surface area contributed by atoms with E-state index in [-0.39, 0.29) is 15.7 Å². The number of thiazole rings is 1. The third kappa shape index (κ3) is 7.23. The van der Waals surface area contributed by atoms with Crippen LogP contribution >= 0.6 is 11.3 Å². The second-order valence-electron chi connectivity index (χ2n) is 7.11. The van der Waals surface area contributed by atoms with Crippen LogP contribution < -0.4 is 16.8 Å². The van der Waals surface area contributed by atoms with Crippen LogP contribution in [-0.4, -0.2) is 47.1 Å². The molecule has 2 aromatic heterocycles. The van der Waals surface area contributed by atoms with Crippen molar-refractivity contribution in [3.05, 3.63) is 47.7 Å². The summed E-state index contributed by atoms with van der Waals surface area (Å²) in [6.07, 6.45) is 6.28. The van der Waals surface area contributed by atoms with E-state index >= 15 is 0 Å². The zero-order valence-electron chi connectivity index (χ0n) is 18.7. The average Bonchev–Trinajstić information content (AvgIpc) is 3.31. The number of halogens is 4. The maximum atomic E-state index is 13.8. The number of anilines is 2. The van der Waals surface area contributed by atoms with Crippen LogP contribution in [0.2, 0.25) is 0 Å². The summed E-state index contributed by atoms with van der Waals surface area (Å²) < 4.78 is 57.1. The maximum Gasteiger partial charge on any atom is 0.277 e. The first-order valence-corrected chi connectivity index (χ1v) is 11.0. The van der Waals surface area contributed by atoms with Gasteiger partial charge in [-0.3, -0.25) is 13.9 Å². The molecule has 0 radical (unpaired) electrons. The lowest BCUT2D eigenvalue weighted by Gasteiger charge is -2.02. The van der Waals surface area contributed by atoms with Crippen LogP contribution in [0.4, 0.5) is 28.3 Å². The van der Waals surface area contributed by atoms with Crippen LogP contribution in [-0.2, 0) is 11.8 Å². The van der Waals surface area contributed by atoms with Crippen LogP contribution in [0.15, 0.2) is 24.5 Å². The Kier molecular flexibility index (Phi) is 10.4. The number of aromatic nitrogens is 3. The van der Waals surface area contributed by atoms with Crippen molar-refractivity contribution in [1.29, 1.82) is 0 Å². The third-order valence-electron chi connectivity index (χ3n) is 4.59. The number of aryl methyl sites for hydroxylation is 1. The number of hydrogen-bond donors (Lipinski definition) is 3. The molecule has 1 saturated heterocycles. The number of alkyl halides is 1. The van der Waals surface area contributed by atoms with E-state index in [4.69, 9.17) is 16.2 Å². The molecule has 1 unspecified atom stereocenters. The lowest BCUT2D eigenvalue weighted by Crippen LogP contribution is -2.19. The van der Waals surface area contributed by atoms with Crippen LogP contribution in [0.1, 0.15) is 29.8 Å². The third-order valence-corrected chi connectivity index (χ3v) is 5.49. The van der Waals surface area contributed by atoms with E-state index in [0.29, 0.717) is 36.3 Å². The Morgan fingerprint density at radius 1 is 1.21 bits per heavy atom. The number of nitrogens with one attached hydrogen (secondary N) is 1. The molecule has 13 heteroatoms. The minimum absolute atomic E-state index is 0.0468. The standard InChI is InChI=1S/C14H10F3N5OS.C6H13NO.CH3F/c1-22-5-6(4-19-22)20-13(23)11-12(18)24-14(21-11)9-7(15)2-3-8(16)10(9)17;7-6-2-1-4-8-5-3-6;1-2/h2-5H,18H2,1H3,(H,20,23);6H,1-5,7H2;1H3. The first-order chi connectivity index (χ1) is 16.3. The SMILES string of the molecule is CF.Cn1cc(NC(=O)c2nc(-c3c(F)ccc(F)c3F)sc2N)cn1.NC1CCCOCC1. The maximum absolute atomic E-state index is 13.8. The Balaban J connectivity index is 0.000000343. The Bertz CT molecular complexity index is 1080. The fraction of sp³-hybridized carbons (Fsp3) is 0.381. The summed E-state index contributed by atoms with van der Waals surface area (Å²) in [6, 6.07) is 1.85. The highest BCUT2D eigenvalue weighted by atomic mass is 32.1. The molecule has 5 N–H and O–H groups in total. The number of nitrogen functional groups attached to an aromatic ring is 1. The quantitative estimate of drug-likeness (QED) is 0.369. The molecule has 1 aliphatic rings.